The molecule has 2 aromatic carbocycles. The molecule has 1 aliphatic rings. The molecule has 0 aromatic heterocycles. The van der Waals surface area contributed by atoms with Crippen molar-refractivity contribution in [2.75, 3.05) is 0 Å². The normalized spacial score (nSPS) is 13.9. The first-order chi connectivity index (χ1) is 10.1. The summed E-state index contributed by atoms with van der Waals surface area (Å²) in [5.74, 6) is 0.999. The molecule has 0 fully saturated rings. The van der Waals surface area contributed by atoms with Crippen molar-refractivity contribution >= 4 is 44.3 Å². The highest BCUT2D eigenvalue weighted by Crippen LogP contribution is 2.26. The van der Waals surface area contributed by atoms with E-state index in [0.29, 0.717) is 13.0 Å². The minimum atomic E-state index is 0.235. The maximum Gasteiger partial charge on any atom is 0.163 e. The Morgan fingerprint density at radius 1 is 1.14 bits per heavy atom. The molecule has 0 bridgehead atoms. The van der Waals surface area contributed by atoms with Gasteiger partial charge in [-0.05, 0) is 71.3 Å². The van der Waals surface area contributed by atoms with E-state index in [1.807, 2.05) is 24.3 Å². The highest BCUT2D eigenvalue weighted by Gasteiger charge is 2.17. The van der Waals surface area contributed by atoms with Crippen LogP contribution in [-0.2, 0) is 13.0 Å². The second-order valence-corrected chi connectivity index (χ2v) is 7.20. The van der Waals surface area contributed by atoms with E-state index in [1.54, 1.807) is 0 Å². The second kappa shape index (κ2) is 6.48. The smallest absolute Gasteiger partial charge is 0.163 e. The first-order valence-corrected chi connectivity index (χ1v) is 8.73. The maximum atomic E-state index is 11.9. The average molecular weight is 457 g/mol. The zero-order valence-electron chi connectivity index (χ0n) is 11.4. The van der Waals surface area contributed by atoms with Crippen LogP contribution in [0.3, 0.4) is 0 Å². The predicted octanol–water partition coefficient (Wildman–Crippen LogP) is 5.15. The molecule has 2 aromatic rings. The Kier molecular flexibility index (Phi) is 4.64. The molecular weight excluding hydrogens is 443 g/mol. The monoisotopic (exact) mass is 456 g/mol. The number of carbonyl (C=O) groups is 1. The van der Waals surface area contributed by atoms with Gasteiger partial charge in [-0.15, -0.1) is 0 Å². The summed E-state index contributed by atoms with van der Waals surface area (Å²) in [6, 6.07) is 12.0. The lowest BCUT2D eigenvalue weighted by Gasteiger charge is -2.16. The third-order valence-corrected chi connectivity index (χ3v) is 5.18. The number of fused-ring (bicyclic) bond motifs is 1. The molecule has 4 heteroatoms. The Labute approximate surface area is 146 Å². The fraction of sp³-hybridized carbons (Fsp3) is 0.235. The van der Waals surface area contributed by atoms with E-state index >= 15 is 0 Å². The Balaban J connectivity index is 1.78. The van der Waals surface area contributed by atoms with Crippen molar-refractivity contribution in [3.8, 4) is 5.75 Å². The quantitative estimate of drug-likeness (QED) is 0.597. The number of hydrogen-bond donors (Lipinski definition) is 0. The van der Waals surface area contributed by atoms with Gasteiger partial charge in [-0.1, -0.05) is 22.0 Å². The molecule has 3 rings (SSSR count). The molecule has 0 radical (unpaired) electrons. The average Bonchev–Trinajstić information content (AvgIpc) is 2.49. The van der Waals surface area contributed by atoms with Crippen LogP contribution in [0.2, 0.25) is 0 Å². The number of aryl methyl sites for hydroxylation is 1. The van der Waals surface area contributed by atoms with E-state index < -0.39 is 0 Å². The Bertz CT molecular complexity index is 697. The molecule has 2 nitrogen and oxygen atoms in total. The molecule has 0 saturated carbocycles. The number of rotatable bonds is 3. The molecule has 108 valence electrons. The lowest BCUT2D eigenvalue weighted by molar-refractivity contribution is 0.0972. The van der Waals surface area contributed by atoms with Gasteiger partial charge in [0.15, 0.2) is 5.78 Å². The van der Waals surface area contributed by atoms with E-state index in [0.717, 1.165) is 39.8 Å². The van der Waals surface area contributed by atoms with Crippen LogP contribution in [0.5, 0.6) is 5.75 Å². The number of ketones is 1. The van der Waals surface area contributed by atoms with E-state index in [2.05, 4.69) is 50.7 Å². The van der Waals surface area contributed by atoms with E-state index in [9.17, 15) is 4.79 Å². The zero-order valence-corrected chi connectivity index (χ0v) is 15.1. The van der Waals surface area contributed by atoms with E-state index in [4.69, 9.17) is 4.74 Å². The number of ether oxygens (including phenoxy) is 1. The minimum absolute atomic E-state index is 0.235. The molecule has 0 saturated heterocycles. The van der Waals surface area contributed by atoms with Crippen LogP contribution in [0.1, 0.15) is 34.3 Å². The lowest BCUT2D eigenvalue weighted by Crippen LogP contribution is -2.10. The zero-order chi connectivity index (χ0) is 14.8. The summed E-state index contributed by atoms with van der Waals surface area (Å²) in [5, 5.41) is 0. The third-order valence-electron chi connectivity index (χ3n) is 3.63. The van der Waals surface area contributed by atoms with Crippen LogP contribution in [0.25, 0.3) is 0 Å². The van der Waals surface area contributed by atoms with Crippen molar-refractivity contribution in [1.82, 2.24) is 0 Å². The van der Waals surface area contributed by atoms with Crippen molar-refractivity contribution in [1.29, 1.82) is 0 Å². The van der Waals surface area contributed by atoms with Gasteiger partial charge in [0, 0.05) is 25.6 Å². The summed E-state index contributed by atoms with van der Waals surface area (Å²) in [5.41, 5.74) is 3.12. The Morgan fingerprint density at radius 3 is 2.86 bits per heavy atom. The molecular formula is C17H14BrIO2. The molecule has 21 heavy (non-hydrogen) atoms. The molecule has 0 amide bonds. The second-order valence-electron chi connectivity index (χ2n) is 5.12. The highest BCUT2D eigenvalue weighted by atomic mass is 127. The summed E-state index contributed by atoms with van der Waals surface area (Å²) >= 11 is 5.78. The molecule has 0 N–H and O–H groups in total. The first-order valence-electron chi connectivity index (χ1n) is 6.86. The van der Waals surface area contributed by atoms with Gasteiger partial charge in [0.2, 0.25) is 0 Å². The number of halogens is 2. The topological polar surface area (TPSA) is 26.3 Å². The summed E-state index contributed by atoms with van der Waals surface area (Å²) in [6.07, 6.45) is 2.60. The van der Waals surface area contributed by atoms with E-state index in [-0.39, 0.29) is 5.78 Å². The molecule has 0 aliphatic heterocycles. The fourth-order valence-corrected chi connectivity index (χ4v) is 3.41. The third kappa shape index (κ3) is 3.48. The molecule has 0 spiro atoms. The van der Waals surface area contributed by atoms with Gasteiger partial charge in [0.25, 0.3) is 0 Å². The molecule has 0 heterocycles. The van der Waals surface area contributed by atoms with Gasteiger partial charge in [0.05, 0.1) is 0 Å². The highest BCUT2D eigenvalue weighted by molar-refractivity contribution is 14.1. The van der Waals surface area contributed by atoms with Gasteiger partial charge < -0.3 is 4.74 Å². The first kappa shape index (κ1) is 15.0. The van der Waals surface area contributed by atoms with Crippen LogP contribution in [-0.4, -0.2) is 5.78 Å². The number of benzene rings is 2. The van der Waals surface area contributed by atoms with Crippen LogP contribution >= 0.6 is 38.5 Å². The number of Topliss-reactive ketones (excluding diaryl/α,β-unsaturated/α-hetero) is 1. The van der Waals surface area contributed by atoms with Crippen LogP contribution in [0.15, 0.2) is 40.9 Å². The summed E-state index contributed by atoms with van der Waals surface area (Å²) in [7, 11) is 0. The van der Waals surface area contributed by atoms with Crippen molar-refractivity contribution in [3.63, 3.8) is 0 Å². The summed E-state index contributed by atoms with van der Waals surface area (Å²) in [6.45, 7) is 0.505. The van der Waals surface area contributed by atoms with Gasteiger partial charge in [-0.25, -0.2) is 0 Å². The Morgan fingerprint density at radius 2 is 2.00 bits per heavy atom. The van der Waals surface area contributed by atoms with Gasteiger partial charge in [-0.2, -0.15) is 0 Å². The molecule has 0 atom stereocenters. The maximum absolute atomic E-state index is 11.9. The number of carbonyl (C=O) groups excluding carboxylic acids is 1. The Hall–Kier alpha value is -0.880. The summed E-state index contributed by atoms with van der Waals surface area (Å²) < 4.78 is 8.08. The lowest BCUT2D eigenvalue weighted by atomic mass is 9.90. The molecule has 0 unspecified atom stereocenters. The van der Waals surface area contributed by atoms with Crippen molar-refractivity contribution in [3.05, 3.63) is 61.1 Å². The van der Waals surface area contributed by atoms with Gasteiger partial charge >= 0.3 is 0 Å². The molecule has 1 aliphatic carbocycles. The standard InChI is InChI=1S/C17H14BrIO2/c18-13-5-7-16(19)12(8-13)10-21-14-6-4-11-2-1-3-17(20)15(11)9-14/h4-9H,1-3,10H2. The van der Waals surface area contributed by atoms with Crippen molar-refractivity contribution < 1.29 is 9.53 Å². The minimum Gasteiger partial charge on any atom is -0.489 e. The fourth-order valence-electron chi connectivity index (χ4n) is 2.51. The van der Waals surface area contributed by atoms with Crippen molar-refractivity contribution in [2.24, 2.45) is 0 Å². The van der Waals surface area contributed by atoms with Gasteiger partial charge in [0.1, 0.15) is 12.4 Å². The SMILES string of the molecule is O=C1CCCc2ccc(OCc3cc(Br)ccc3I)cc21. The van der Waals surface area contributed by atoms with Crippen molar-refractivity contribution in [2.45, 2.75) is 25.9 Å². The van der Waals surface area contributed by atoms with Crippen LogP contribution < -0.4 is 4.74 Å². The van der Waals surface area contributed by atoms with Crippen LogP contribution in [0.4, 0.5) is 0 Å². The summed E-state index contributed by atoms with van der Waals surface area (Å²) in [4.78, 5) is 11.9. The van der Waals surface area contributed by atoms with E-state index in [1.165, 1.54) is 3.57 Å². The van der Waals surface area contributed by atoms with Crippen LogP contribution in [0, 0.1) is 3.57 Å². The largest absolute Gasteiger partial charge is 0.489 e. The van der Waals surface area contributed by atoms with Gasteiger partial charge in [-0.3, -0.25) is 4.79 Å². The predicted molar refractivity (Wildman–Crippen MR) is 94.9 cm³/mol. The number of hydrogen-bond acceptors (Lipinski definition) is 2.